The van der Waals surface area contributed by atoms with Crippen molar-refractivity contribution in [3.8, 4) is 0 Å². The zero-order valence-electron chi connectivity index (χ0n) is 13.7. The van der Waals surface area contributed by atoms with Crippen molar-refractivity contribution >= 4 is 29.0 Å². The number of nitrogens with one attached hydrogen (secondary N) is 2. The Bertz CT molecular complexity index is 884. The summed E-state index contributed by atoms with van der Waals surface area (Å²) in [6, 6.07) is 12.7. The molecule has 0 saturated carbocycles. The first-order valence-electron chi connectivity index (χ1n) is 7.78. The molecule has 0 saturated heterocycles. The second-order valence-electron chi connectivity index (χ2n) is 5.55. The van der Waals surface area contributed by atoms with E-state index in [1.165, 1.54) is 0 Å². The molecule has 0 spiro atoms. The molecule has 0 atom stereocenters. The van der Waals surface area contributed by atoms with Crippen LogP contribution in [0, 0.1) is 6.92 Å². The Morgan fingerprint density at radius 2 is 1.88 bits per heavy atom. The lowest BCUT2D eigenvalue weighted by molar-refractivity contribution is 0.0951. The largest absolute Gasteiger partial charge is 0.348 e. The van der Waals surface area contributed by atoms with Gasteiger partial charge in [-0.05, 0) is 54.4 Å². The van der Waals surface area contributed by atoms with Crippen LogP contribution in [0.4, 0.5) is 11.5 Å². The van der Waals surface area contributed by atoms with Crippen LogP contribution in [0.1, 0.15) is 21.5 Å². The zero-order valence-corrected chi connectivity index (χ0v) is 14.4. The minimum atomic E-state index is -0.162. The first kappa shape index (κ1) is 16.9. The topological polar surface area (TPSA) is 66.9 Å². The molecule has 2 N–H and O–H groups in total. The summed E-state index contributed by atoms with van der Waals surface area (Å²) in [5, 5.41) is 6.72. The van der Waals surface area contributed by atoms with Gasteiger partial charge in [0.15, 0.2) is 0 Å². The molecule has 1 aromatic carbocycles. The van der Waals surface area contributed by atoms with Crippen LogP contribution in [-0.4, -0.2) is 15.9 Å². The van der Waals surface area contributed by atoms with Crippen molar-refractivity contribution in [3.63, 3.8) is 0 Å². The third-order valence-electron chi connectivity index (χ3n) is 3.69. The van der Waals surface area contributed by atoms with Crippen LogP contribution in [0.25, 0.3) is 0 Å². The van der Waals surface area contributed by atoms with Gasteiger partial charge >= 0.3 is 0 Å². The molecule has 2 heterocycles. The number of rotatable bonds is 5. The number of hydrogen-bond acceptors (Lipinski definition) is 4. The van der Waals surface area contributed by atoms with E-state index in [0.717, 1.165) is 16.8 Å². The molecular formula is C19H17ClN4O. The molecule has 1 amide bonds. The van der Waals surface area contributed by atoms with Gasteiger partial charge < -0.3 is 10.6 Å². The van der Waals surface area contributed by atoms with Crippen molar-refractivity contribution in [2.24, 2.45) is 0 Å². The van der Waals surface area contributed by atoms with Gasteiger partial charge in [-0.15, -0.1) is 0 Å². The van der Waals surface area contributed by atoms with Gasteiger partial charge in [0.2, 0.25) is 0 Å². The third kappa shape index (κ3) is 4.55. The summed E-state index contributed by atoms with van der Waals surface area (Å²) in [5.41, 5.74) is 3.42. The molecule has 0 bridgehead atoms. The van der Waals surface area contributed by atoms with Crippen LogP contribution < -0.4 is 10.6 Å². The molecular weight excluding hydrogens is 336 g/mol. The van der Waals surface area contributed by atoms with Gasteiger partial charge in [-0.3, -0.25) is 9.78 Å². The van der Waals surface area contributed by atoms with Gasteiger partial charge in [0.25, 0.3) is 5.91 Å². The highest BCUT2D eigenvalue weighted by atomic mass is 35.5. The molecule has 3 rings (SSSR count). The summed E-state index contributed by atoms with van der Waals surface area (Å²) in [5.74, 6) is 0.423. The third-order valence-corrected chi connectivity index (χ3v) is 3.92. The number of benzene rings is 1. The number of anilines is 2. The standard InChI is InChI=1S/C19H17ClN4O/c1-13-2-3-16(20)11-17(13)24-18-10-15(6-9-22-18)19(25)23-12-14-4-7-21-8-5-14/h2-11H,12H2,1H3,(H,22,24)(H,23,25). The molecule has 5 nitrogen and oxygen atoms in total. The molecule has 25 heavy (non-hydrogen) atoms. The fourth-order valence-corrected chi connectivity index (χ4v) is 2.46. The van der Waals surface area contributed by atoms with Crippen LogP contribution in [-0.2, 0) is 6.54 Å². The highest BCUT2D eigenvalue weighted by Gasteiger charge is 2.08. The Labute approximate surface area is 151 Å². The van der Waals surface area contributed by atoms with Gasteiger partial charge in [0, 0.05) is 41.4 Å². The average Bonchev–Trinajstić information content (AvgIpc) is 2.64. The van der Waals surface area contributed by atoms with Crippen molar-refractivity contribution in [2.45, 2.75) is 13.5 Å². The molecule has 0 aliphatic heterocycles. The van der Waals surface area contributed by atoms with E-state index in [9.17, 15) is 4.79 Å². The number of amides is 1. The summed E-state index contributed by atoms with van der Waals surface area (Å²) in [6.07, 6.45) is 5.00. The first-order chi connectivity index (χ1) is 12.1. The van der Waals surface area contributed by atoms with E-state index in [4.69, 9.17) is 11.6 Å². The Hall–Kier alpha value is -2.92. The maximum absolute atomic E-state index is 12.3. The summed E-state index contributed by atoms with van der Waals surface area (Å²) < 4.78 is 0. The predicted octanol–water partition coefficient (Wildman–Crippen LogP) is 4.11. The lowest BCUT2D eigenvalue weighted by Crippen LogP contribution is -2.22. The molecule has 0 radical (unpaired) electrons. The van der Waals surface area contributed by atoms with E-state index in [-0.39, 0.29) is 5.91 Å². The first-order valence-corrected chi connectivity index (χ1v) is 8.16. The fourth-order valence-electron chi connectivity index (χ4n) is 2.29. The second-order valence-corrected chi connectivity index (χ2v) is 5.99. The van der Waals surface area contributed by atoms with E-state index >= 15 is 0 Å². The molecule has 126 valence electrons. The SMILES string of the molecule is Cc1ccc(Cl)cc1Nc1cc(C(=O)NCc2ccncc2)ccn1. The highest BCUT2D eigenvalue weighted by Crippen LogP contribution is 2.23. The van der Waals surface area contributed by atoms with E-state index in [2.05, 4.69) is 20.6 Å². The molecule has 3 aromatic rings. The quantitative estimate of drug-likeness (QED) is 0.725. The lowest BCUT2D eigenvalue weighted by atomic mass is 10.2. The average molecular weight is 353 g/mol. The summed E-state index contributed by atoms with van der Waals surface area (Å²) >= 11 is 6.04. The van der Waals surface area contributed by atoms with Gasteiger partial charge in [-0.2, -0.15) is 0 Å². The van der Waals surface area contributed by atoms with Crippen molar-refractivity contribution in [1.29, 1.82) is 0 Å². The Morgan fingerprint density at radius 1 is 1.08 bits per heavy atom. The highest BCUT2D eigenvalue weighted by molar-refractivity contribution is 6.30. The van der Waals surface area contributed by atoms with E-state index < -0.39 is 0 Å². The summed E-state index contributed by atoms with van der Waals surface area (Å²) in [7, 11) is 0. The molecule has 2 aromatic heterocycles. The van der Waals surface area contributed by atoms with E-state index in [1.54, 1.807) is 30.7 Å². The zero-order chi connectivity index (χ0) is 17.6. The maximum Gasteiger partial charge on any atom is 0.251 e. The predicted molar refractivity (Wildman–Crippen MR) is 99.1 cm³/mol. The lowest BCUT2D eigenvalue weighted by Gasteiger charge is -2.10. The van der Waals surface area contributed by atoms with Crippen LogP contribution >= 0.6 is 11.6 Å². The number of nitrogens with zero attached hydrogens (tertiary/aromatic N) is 2. The molecule has 0 unspecified atom stereocenters. The van der Waals surface area contributed by atoms with Gasteiger partial charge in [0.1, 0.15) is 5.82 Å². The van der Waals surface area contributed by atoms with Crippen molar-refractivity contribution in [3.05, 3.63) is 82.8 Å². The molecule has 0 aliphatic carbocycles. The summed E-state index contributed by atoms with van der Waals surface area (Å²) in [4.78, 5) is 20.6. The molecule has 6 heteroatoms. The van der Waals surface area contributed by atoms with Gasteiger partial charge in [-0.25, -0.2) is 4.98 Å². The second kappa shape index (κ2) is 7.77. The van der Waals surface area contributed by atoms with Crippen LogP contribution in [0.2, 0.25) is 5.02 Å². The summed E-state index contributed by atoms with van der Waals surface area (Å²) in [6.45, 7) is 2.42. The fraction of sp³-hybridized carbons (Fsp3) is 0.105. The van der Waals surface area contributed by atoms with Crippen molar-refractivity contribution in [1.82, 2.24) is 15.3 Å². The number of halogens is 1. The monoisotopic (exact) mass is 352 g/mol. The number of aryl methyl sites for hydroxylation is 1. The number of pyridine rings is 2. The van der Waals surface area contributed by atoms with Crippen LogP contribution in [0.5, 0.6) is 0 Å². The minimum Gasteiger partial charge on any atom is -0.348 e. The van der Waals surface area contributed by atoms with Crippen LogP contribution in [0.3, 0.4) is 0 Å². The Kier molecular flexibility index (Phi) is 5.26. The number of carbonyl (C=O) groups excluding carboxylic acids is 1. The van der Waals surface area contributed by atoms with Gasteiger partial charge in [0.05, 0.1) is 0 Å². The minimum absolute atomic E-state index is 0.162. The van der Waals surface area contributed by atoms with Gasteiger partial charge in [-0.1, -0.05) is 17.7 Å². The van der Waals surface area contributed by atoms with E-state index in [0.29, 0.717) is 22.9 Å². The Morgan fingerprint density at radius 3 is 2.68 bits per heavy atom. The van der Waals surface area contributed by atoms with E-state index in [1.807, 2.05) is 37.3 Å². The maximum atomic E-state index is 12.3. The normalized spacial score (nSPS) is 10.3. The Balaban J connectivity index is 1.70. The van der Waals surface area contributed by atoms with Crippen molar-refractivity contribution < 1.29 is 4.79 Å². The number of hydrogen-bond donors (Lipinski definition) is 2. The number of aromatic nitrogens is 2. The number of carbonyl (C=O) groups is 1. The van der Waals surface area contributed by atoms with Crippen molar-refractivity contribution in [2.75, 3.05) is 5.32 Å². The molecule has 0 aliphatic rings. The molecule has 0 fully saturated rings. The van der Waals surface area contributed by atoms with Crippen LogP contribution in [0.15, 0.2) is 61.1 Å². The smallest absolute Gasteiger partial charge is 0.251 e.